The number of benzene rings is 3. The zero-order valence-electron chi connectivity index (χ0n) is 18.3. The van der Waals surface area contributed by atoms with Crippen LogP contribution in [-0.4, -0.2) is 17.6 Å². The number of hydrogen-bond donors (Lipinski definition) is 0. The van der Waals surface area contributed by atoms with Crippen molar-refractivity contribution in [3.63, 3.8) is 0 Å². The molecule has 0 radical (unpaired) electrons. The Kier molecular flexibility index (Phi) is 5.79. The first kappa shape index (κ1) is 21.4. The van der Waals surface area contributed by atoms with Crippen LogP contribution in [-0.2, 0) is 9.59 Å². The number of rotatable bonds is 7. The third-order valence-corrected chi connectivity index (χ3v) is 5.98. The minimum absolute atomic E-state index is 0.0368. The summed E-state index contributed by atoms with van der Waals surface area (Å²) in [6.07, 6.45) is 1.40. The molecule has 0 bridgehead atoms. The van der Waals surface area contributed by atoms with Crippen molar-refractivity contribution >= 4 is 29.0 Å². The van der Waals surface area contributed by atoms with Crippen LogP contribution in [0.3, 0.4) is 0 Å². The molecule has 6 nitrogen and oxygen atoms in total. The molecule has 0 saturated carbocycles. The molecule has 2 heterocycles. The topological polar surface area (TPSA) is 70.8 Å². The van der Waals surface area contributed by atoms with E-state index in [4.69, 9.17) is 4.42 Å². The molecule has 0 aliphatic carbocycles. The summed E-state index contributed by atoms with van der Waals surface area (Å²) < 4.78 is 5.29. The quantitative estimate of drug-likeness (QED) is 0.285. The number of hydrazine groups is 1. The Balaban J connectivity index is 1.60. The third kappa shape index (κ3) is 3.90. The minimum Gasteiger partial charge on any atom is -0.461 e. The van der Waals surface area contributed by atoms with E-state index in [1.807, 2.05) is 66.7 Å². The molecule has 1 fully saturated rings. The third-order valence-electron chi connectivity index (χ3n) is 5.98. The van der Waals surface area contributed by atoms with E-state index in [9.17, 15) is 14.4 Å². The molecule has 168 valence electrons. The largest absolute Gasteiger partial charge is 0.461 e. The number of furan rings is 1. The van der Waals surface area contributed by atoms with E-state index < -0.39 is 11.8 Å². The summed E-state index contributed by atoms with van der Waals surface area (Å²) in [4.78, 5) is 40.8. The molecule has 1 saturated heterocycles. The van der Waals surface area contributed by atoms with E-state index in [-0.39, 0.29) is 29.8 Å². The molecule has 1 aromatic heterocycles. The zero-order valence-corrected chi connectivity index (χ0v) is 18.3. The molecular weight excluding hydrogens is 428 g/mol. The number of amides is 2. The van der Waals surface area contributed by atoms with Crippen molar-refractivity contribution in [1.29, 1.82) is 0 Å². The zero-order chi connectivity index (χ0) is 23.5. The van der Waals surface area contributed by atoms with E-state index in [0.29, 0.717) is 11.4 Å². The second kappa shape index (κ2) is 9.19. The summed E-state index contributed by atoms with van der Waals surface area (Å²) in [6, 6.07) is 30.6. The van der Waals surface area contributed by atoms with Gasteiger partial charge in [0, 0.05) is 12.3 Å². The van der Waals surface area contributed by atoms with Crippen molar-refractivity contribution in [3.8, 4) is 0 Å². The highest BCUT2D eigenvalue weighted by Crippen LogP contribution is 2.40. The van der Waals surface area contributed by atoms with Gasteiger partial charge >= 0.3 is 0 Å². The van der Waals surface area contributed by atoms with E-state index in [0.717, 1.165) is 5.56 Å². The average molecular weight is 450 g/mol. The number of carbonyl (C=O) groups is 3. The maximum absolute atomic E-state index is 13.9. The Hall–Kier alpha value is -4.45. The number of nitrogens with zero attached hydrogens (tertiary/aromatic N) is 2. The lowest BCUT2D eigenvalue weighted by molar-refractivity contribution is -0.127. The number of para-hydroxylation sites is 2. The van der Waals surface area contributed by atoms with Gasteiger partial charge in [-0.1, -0.05) is 66.7 Å². The van der Waals surface area contributed by atoms with Crippen molar-refractivity contribution in [2.75, 3.05) is 10.0 Å². The molecule has 4 aromatic rings. The van der Waals surface area contributed by atoms with Gasteiger partial charge in [-0.15, -0.1) is 0 Å². The highest BCUT2D eigenvalue weighted by molar-refractivity contribution is 6.23. The van der Waals surface area contributed by atoms with Gasteiger partial charge in [0.25, 0.3) is 11.8 Å². The van der Waals surface area contributed by atoms with E-state index in [1.165, 1.54) is 16.3 Å². The fourth-order valence-corrected chi connectivity index (χ4v) is 4.40. The summed E-state index contributed by atoms with van der Waals surface area (Å²) in [6.45, 7) is 0. The van der Waals surface area contributed by atoms with Crippen LogP contribution in [0.25, 0.3) is 0 Å². The fraction of sp³-hybridized carbons (Fsp3) is 0.107. The lowest BCUT2D eigenvalue weighted by Gasteiger charge is -2.27. The molecule has 0 N–H and O–H groups in total. The van der Waals surface area contributed by atoms with Crippen LogP contribution >= 0.6 is 0 Å². The monoisotopic (exact) mass is 450 g/mol. The molecule has 1 unspecified atom stereocenters. The summed E-state index contributed by atoms with van der Waals surface area (Å²) in [5.74, 6) is -2.52. The van der Waals surface area contributed by atoms with Crippen LogP contribution in [0.15, 0.2) is 114 Å². The molecule has 1 atom stereocenters. The van der Waals surface area contributed by atoms with Crippen molar-refractivity contribution < 1.29 is 18.8 Å². The van der Waals surface area contributed by atoms with Crippen molar-refractivity contribution in [2.24, 2.45) is 5.92 Å². The van der Waals surface area contributed by atoms with Gasteiger partial charge in [0.1, 0.15) is 5.92 Å². The van der Waals surface area contributed by atoms with E-state index >= 15 is 0 Å². The summed E-state index contributed by atoms with van der Waals surface area (Å²) in [7, 11) is 0. The summed E-state index contributed by atoms with van der Waals surface area (Å²) >= 11 is 0. The van der Waals surface area contributed by atoms with E-state index in [2.05, 4.69) is 0 Å². The smallest absolute Gasteiger partial charge is 0.259 e. The SMILES string of the molecule is O=C(CC(c1ccccc1)C1C(=O)N(c2ccccc2)N(c2ccccc2)C1=O)c1ccco1. The van der Waals surface area contributed by atoms with E-state index in [1.54, 1.807) is 36.4 Å². The van der Waals surface area contributed by atoms with Crippen molar-refractivity contribution in [1.82, 2.24) is 0 Å². The Morgan fingerprint density at radius 2 is 1.21 bits per heavy atom. The molecule has 1 aliphatic heterocycles. The maximum Gasteiger partial charge on any atom is 0.259 e. The summed E-state index contributed by atoms with van der Waals surface area (Å²) in [5, 5.41) is 2.82. The van der Waals surface area contributed by atoms with Gasteiger partial charge in [-0.3, -0.25) is 14.4 Å². The van der Waals surface area contributed by atoms with Gasteiger partial charge in [0.05, 0.1) is 17.6 Å². The molecule has 5 rings (SSSR count). The predicted octanol–water partition coefficient (Wildman–Crippen LogP) is 5.25. The van der Waals surface area contributed by atoms with Gasteiger partial charge in [0.15, 0.2) is 11.5 Å². The van der Waals surface area contributed by atoms with Gasteiger partial charge in [-0.2, -0.15) is 0 Å². The first-order chi connectivity index (χ1) is 16.6. The van der Waals surface area contributed by atoms with Gasteiger partial charge < -0.3 is 4.42 Å². The van der Waals surface area contributed by atoms with Gasteiger partial charge in [-0.05, 0) is 42.0 Å². The van der Waals surface area contributed by atoms with Crippen LogP contribution in [0.1, 0.15) is 28.5 Å². The summed E-state index contributed by atoms with van der Waals surface area (Å²) in [5.41, 5.74) is 1.91. The normalized spacial score (nSPS) is 15.1. The highest BCUT2D eigenvalue weighted by Gasteiger charge is 2.51. The van der Waals surface area contributed by atoms with Gasteiger partial charge in [0.2, 0.25) is 0 Å². The van der Waals surface area contributed by atoms with Crippen LogP contribution in [0, 0.1) is 5.92 Å². The van der Waals surface area contributed by atoms with Crippen molar-refractivity contribution in [2.45, 2.75) is 12.3 Å². The second-order valence-electron chi connectivity index (χ2n) is 8.07. The lowest BCUT2D eigenvalue weighted by atomic mass is 9.81. The molecule has 0 spiro atoms. The highest BCUT2D eigenvalue weighted by atomic mass is 16.3. The maximum atomic E-state index is 13.9. The van der Waals surface area contributed by atoms with Crippen molar-refractivity contribution in [3.05, 3.63) is 121 Å². The molecule has 2 amide bonds. The first-order valence-corrected chi connectivity index (χ1v) is 11.0. The predicted molar refractivity (Wildman–Crippen MR) is 128 cm³/mol. The number of hydrogen-bond acceptors (Lipinski definition) is 4. The Labute approximate surface area is 197 Å². The average Bonchev–Trinajstić information content (AvgIpc) is 3.51. The van der Waals surface area contributed by atoms with Crippen LogP contribution in [0.4, 0.5) is 11.4 Å². The number of Topliss-reactive ketones (excluding diaryl/α,β-unsaturated/α-hetero) is 1. The number of carbonyl (C=O) groups excluding carboxylic acids is 3. The fourth-order valence-electron chi connectivity index (χ4n) is 4.40. The number of ketones is 1. The number of anilines is 2. The second-order valence-corrected chi connectivity index (χ2v) is 8.07. The lowest BCUT2D eigenvalue weighted by Crippen LogP contribution is -2.41. The van der Waals surface area contributed by atoms with Crippen LogP contribution < -0.4 is 10.0 Å². The molecular formula is C28H22N2O4. The van der Waals surface area contributed by atoms with Crippen LogP contribution in [0.5, 0.6) is 0 Å². The first-order valence-electron chi connectivity index (χ1n) is 11.0. The Bertz CT molecular complexity index is 1230. The van der Waals surface area contributed by atoms with Crippen LogP contribution in [0.2, 0.25) is 0 Å². The Morgan fingerprint density at radius 3 is 1.68 bits per heavy atom. The Morgan fingerprint density at radius 1 is 0.706 bits per heavy atom. The molecule has 34 heavy (non-hydrogen) atoms. The standard InChI is InChI=1S/C28H22N2O4/c31-24(25-17-10-18-34-25)19-23(20-11-4-1-5-12-20)26-27(32)29(21-13-6-2-7-14-21)30(28(26)33)22-15-8-3-9-16-22/h1-18,23,26H,19H2. The molecule has 1 aliphatic rings. The molecule has 6 heteroatoms. The minimum atomic E-state index is -1.07. The molecule has 3 aromatic carbocycles. The van der Waals surface area contributed by atoms with Gasteiger partial charge in [-0.25, -0.2) is 10.0 Å².